The number of aromatic nitrogens is 2. The lowest BCUT2D eigenvalue weighted by Crippen LogP contribution is -2.07. The van der Waals surface area contributed by atoms with Crippen molar-refractivity contribution in [3.05, 3.63) is 48.3 Å². The molecule has 0 fully saturated rings. The topological polar surface area (TPSA) is 56.1 Å². The number of amides is 1. The van der Waals surface area contributed by atoms with Gasteiger partial charge in [-0.3, -0.25) is 9.48 Å². The van der Waals surface area contributed by atoms with Crippen molar-refractivity contribution < 1.29 is 9.53 Å². The third-order valence-corrected chi connectivity index (χ3v) is 2.51. The van der Waals surface area contributed by atoms with E-state index in [0.717, 1.165) is 17.0 Å². The molecule has 0 saturated carbocycles. The summed E-state index contributed by atoms with van der Waals surface area (Å²) in [4.78, 5) is 11.7. The van der Waals surface area contributed by atoms with Crippen LogP contribution in [0, 0.1) is 0 Å². The van der Waals surface area contributed by atoms with Gasteiger partial charge in [0.25, 0.3) is 0 Å². The lowest BCUT2D eigenvalue weighted by atomic mass is 10.3. The molecule has 0 unspecified atom stereocenters. The highest BCUT2D eigenvalue weighted by molar-refractivity contribution is 6.01. The summed E-state index contributed by atoms with van der Waals surface area (Å²) in [5, 5.41) is 6.78. The Kier molecular flexibility index (Phi) is 3.97. The van der Waals surface area contributed by atoms with E-state index in [2.05, 4.69) is 10.4 Å². The molecule has 5 nitrogen and oxygen atoms in total. The molecule has 0 radical (unpaired) electrons. The predicted molar refractivity (Wildman–Crippen MR) is 73.9 cm³/mol. The number of carbonyl (C=O) groups is 1. The lowest BCUT2D eigenvalue weighted by Gasteiger charge is -2.03. The number of hydrogen-bond donors (Lipinski definition) is 1. The van der Waals surface area contributed by atoms with Crippen LogP contribution in [0.4, 0.5) is 5.69 Å². The van der Waals surface area contributed by atoms with Crippen molar-refractivity contribution in [2.24, 2.45) is 7.05 Å². The first-order valence-electron chi connectivity index (χ1n) is 5.79. The number of anilines is 1. The summed E-state index contributed by atoms with van der Waals surface area (Å²) in [6.45, 7) is 0. The largest absolute Gasteiger partial charge is 0.497 e. The van der Waals surface area contributed by atoms with E-state index in [0.29, 0.717) is 0 Å². The summed E-state index contributed by atoms with van der Waals surface area (Å²) in [5.41, 5.74) is 1.61. The van der Waals surface area contributed by atoms with Crippen molar-refractivity contribution in [3.8, 4) is 5.75 Å². The quantitative estimate of drug-likeness (QED) is 0.853. The molecule has 0 bridgehead atoms. The summed E-state index contributed by atoms with van der Waals surface area (Å²) in [6, 6.07) is 7.16. The molecular weight excluding hydrogens is 242 g/mol. The van der Waals surface area contributed by atoms with Crippen molar-refractivity contribution >= 4 is 17.7 Å². The zero-order chi connectivity index (χ0) is 13.7. The molecule has 19 heavy (non-hydrogen) atoms. The lowest BCUT2D eigenvalue weighted by molar-refractivity contribution is -0.111. The van der Waals surface area contributed by atoms with Crippen LogP contribution in [0.2, 0.25) is 0 Å². The van der Waals surface area contributed by atoms with Gasteiger partial charge in [-0.2, -0.15) is 5.10 Å². The van der Waals surface area contributed by atoms with Gasteiger partial charge >= 0.3 is 0 Å². The van der Waals surface area contributed by atoms with E-state index >= 15 is 0 Å². The summed E-state index contributed by atoms with van der Waals surface area (Å²) in [6.07, 6.45) is 6.71. The van der Waals surface area contributed by atoms with Crippen molar-refractivity contribution in [1.82, 2.24) is 9.78 Å². The van der Waals surface area contributed by atoms with Gasteiger partial charge in [-0.1, -0.05) is 0 Å². The molecule has 0 atom stereocenters. The van der Waals surface area contributed by atoms with Gasteiger partial charge in [-0.15, -0.1) is 0 Å². The Morgan fingerprint density at radius 1 is 1.37 bits per heavy atom. The molecule has 1 aromatic heterocycles. The van der Waals surface area contributed by atoms with Gasteiger partial charge in [-0.25, -0.2) is 0 Å². The molecule has 1 aromatic carbocycles. The second-order valence-corrected chi connectivity index (χ2v) is 4.00. The number of rotatable bonds is 4. The summed E-state index contributed by atoms with van der Waals surface area (Å²) >= 11 is 0. The molecule has 0 spiro atoms. The molecule has 98 valence electrons. The highest BCUT2D eigenvalue weighted by Crippen LogP contribution is 2.14. The Hall–Kier alpha value is -2.56. The van der Waals surface area contributed by atoms with E-state index < -0.39 is 0 Å². The predicted octanol–water partition coefficient (Wildman–Crippen LogP) is 2.08. The smallest absolute Gasteiger partial charge is 0.248 e. The molecule has 2 rings (SSSR count). The average molecular weight is 257 g/mol. The number of aryl methyl sites for hydroxylation is 1. The Morgan fingerprint density at radius 2 is 2.11 bits per heavy atom. The molecule has 1 amide bonds. The SMILES string of the molecule is COc1ccc(NC(=O)/C=C/c2cnn(C)c2)cc1. The van der Waals surface area contributed by atoms with Crippen LogP contribution in [0.5, 0.6) is 5.75 Å². The van der Waals surface area contributed by atoms with Crippen LogP contribution in [0.3, 0.4) is 0 Å². The maximum atomic E-state index is 11.7. The molecule has 0 aliphatic heterocycles. The fraction of sp³-hybridized carbons (Fsp3) is 0.143. The summed E-state index contributed by atoms with van der Waals surface area (Å²) < 4.78 is 6.73. The van der Waals surface area contributed by atoms with Gasteiger partial charge in [0.2, 0.25) is 5.91 Å². The first kappa shape index (κ1) is 12.9. The first-order chi connectivity index (χ1) is 9.17. The molecule has 1 N–H and O–H groups in total. The molecule has 1 heterocycles. The van der Waals surface area contributed by atoms with E-state index in [1.54, 1.807) is 48.3 Å². The molecule has 0 saturated heterocycles. The summed E-state index contributed by atoms with van der Waals surface area (Å²) in [5.74, 6) is 0.568. The van der Waals surface area contributed by atoms with Gasteiger partial charge in [0, 0.05) is 30.6 Å². The Labute approximate surface area is 111 Å². The molecule has 5 heteroatoms. The number of nitrogens with one attached hydrogen (secondary N) is 1. The number of carbonyl (C=O) groups excluding carboxylic acids is 1. The maximum absolute atomic E-state index is 11.7. The second-order valence-electron chi connectivity index (χ2n) is 4.00. The molecule has 0 aliphatic rings. The fourth-order valence-electron chi connectivity index (χ4n) is 1.56. The maximum Gasteiger partial charge on any atom is 0.248 e. The van der Waals surface area contributed by atoms with Crippen LogP contribution in [-0.4, -0.2) is 22.8 Å². The number of nitrogens with zero attached hydrogens (tertiary/aromatic N) is 2. The van der Waals surface area contributed by atoms with Gasteiger partial charge in [-0.05, 0) is 30.3 Å². The highest BCUT2D eigenvalue weighted by atomic mass is 16.5. The van der Waals surface area contributed by atoms with E-state index in [9.17, 15) is 4.79 Å². The van der Waals surface area contributed by atoms with Crippen LogP contribution in [0.15, 0.2) is 42.7 Å². The monoisotopic (exact) mass is 257 g/mol. The van der Waals surface area contributed by atoms with Crippen molar-refractivity contribution in [3.63, 3.8) is 0 Å². The Bertz CT molecular complexity index is 585. The zero-order valence-electron chi connectivity index (χ0n) is 10.8. The standard InChI is InChI=1S/C14H15N3O2/c1-17-10-11(9-15-17)3-8-14(18)16-12-4-6-13(19-2)7-5-12/h3-10H,1-2H3,(H,16,18)/b8-3+. The third-order valence-electron chi connectivity index (χ3n) is 2.51. The first-order valence-corrected chi connectivity index (χ1v) is 5.79. The summed E-state index contributed by atoms with van der Waals surface area (Å²) in [7, 11) is 3.43. The van der Waals surface area contributed by atoms with E-state index in [4.69, 9.17) is 4.74 Å². The van der Waals surface area contributed by atoms with E-state index in [1.807, 2.05) is 13.2 Å². The minimum Gasteiger partial charge on any atom is -0.497 e. The Morgan fingerprint density at radius 3 is 2.68 bits per heavy atom. The van der Waals surface area contributed by atoms with Crippen LogP contribution in [-0.2, 0) is 11.8 Å². The van der Waals surface area contributed by atoms with Gasteiger partial charge < -0.3 is 10.1 Å². The molecule has 2 aromatic rings. The van der Waals surface area contributed by atoms with Gasteiger partial charge in [0.1, 0.15) is 5.75 Å². The third kappa shape index (κ3) is 3.70. The Balaban J connectivity index is 1.95. The number of ether oxygens (including phenoxy) is 1. The fourth-order valence-corrected chi connectivity index (χ4v) is 1.56. The average Bonchev–Trinajstić information content (AvgIpc) is 2.83. The molecular formula is C14H15N3O2. The number of benzene rings is 1. The van der Waals surface area contributed by atoms with Crippen LogP contribution in [0.1, 0.15) is 5.56 Å². The van der Waals surface area contributed by atoms with Gasteiger partial charge in [0.15, 0.2) is 0 Å². The number of hydrogen-bond acceptors (Lipinski definition) is 3. The van der Waals surface area contributed by atoms with Crippen LogP contribution >= 0.6 is 0 Å². The van der Waals surface area contributed by atoms with Crippen molar-refractivity contribution in [2.75, 3.05) is 12.4 Å². The van der Waals surface area contributed by atoms with Crippen LogP contribution < -0.4 is 10.1 Å². The second kappa shape index (κ2) is 5.86. The van der Waals surface area contributed by atoms with E-state index in [1.165, 1.54) is 6.08 Å². The highest BCUT2D eigenvalue weighted by Gasteiger charge is 1.99. The van der Waals surface area contributed by atoms with E-state index in [-0.39, 0.29) is 5.91 Å². The van der Waals surface area contributed by atoms with Crippen molar-refractivity contribution in [1.29, 1.82) is 0 Å². The normalized spacial score (nSPS) is 10.6. The van der Waals surface area contributed by atoms with Crippen molar-refractivity contribution in [2.45, 2.75) is 0 Å². The zero-order valence-corrected chi connectivity index (χ0v) is 10.8. The number of methoxy groups -OCH3 is 1. The minimum atomic E-state index is -0.186. The van der Waals surface area contributed by atoms with Crippen LogP contribution in [0.25, 0.3) is 6.08 Å². The minimum absolute atomic E-state index is 0.186. The molecule has 0 aliphatic carbocycles. The van der Waals surface area contributed by atoms with Gasteiger partial charge in [0.05, 0.1) is 13.3 Å².